The molecule has 5 heteroatoms. The molecule has 2 heterocycles. The molecule has 3 aromatic carbocycles. The fourth-order valence-electron chi connectivity index (χ4n) is 3.80. The highest BCUT2D eigenvalue weighted by Gasteiger charge is 2.22. The summed E-state index contributed by atoms with van der Waals surface area (Å²) < 4.78 is 7.47. The van der Waals surface area contributed by atoms with Crippen molar-refractivity contribution in [1.29, 1.82) is 0 Å². The average Bonchev–Trinajstić information content (AvgIpc) is 2.79. The first-order valence-electron chi connectivity index (χ1n) is 9.73. The number of fused-ring (bicyclic) bond motifs is 2. The van der Waals surface area contributed by atoms with Gasteiger partial charge >= 0.3 is 0 Å². The molecule has 5 rings (SSSR count). The molecule has 0 amide bonds. The van der Waals surface area contributed by atoms with Crippen LogP contribution in [-0.2, 0) is 0 Å². The van der Waals surface area contributed by atoms with Gasteiger partial charge in [-0.05, 0) is 24.6 Å². The Labute approximate surface area is 171 Å². The van der Waals surface area contributed by atoms with Gasteiger partial charge in [0.15, 0.2) is 5.39 Å². The maximum absolute atomic E-state index is 13.7. The number of benzene rings is 3. The van der Waals surface area contributed by atoms with E-state index in [4.69, 9.17) is 4.42 Å². The summed E-state index contributed by atoms with van der Waals surface area (Å²) in [5.74, 6) is 0.461. The number of rotatable bonds is 3. The minimum absolute atomic E-state index is 0.0313. The van der Waals surface area contributed by atoms with Crippen molar-refractivity contribution in [1.82, 2.24) is 9.55 Å². The zero-order valence-electron chi connectivity index (χ0n) is 16.3. The van der Waals surface area contributed by atoms with Gasteiger partial charge in [-0.25, -0.2) is 0 Å². The maximum atomic E-state index is 13.7. The van der Waals surface area contributed by atoms with E-state index in [9.17, 15) is 9.59 Å². The summed E-state index contributed by atoms with van der Waals surface area (Å²) in [4.78, 5) is 31.5. The number of aromatic nitrogens is 2. The summed E-state index contributed by atoms with van der Waals surface area (Å²) in [6.45, 7) is 1.93. The molecule has 0 radical (unpaired) electrons. The van der Waals surface area contributed by atoms with Crippen LogP contribution < -0.4 is 11.0 Å². The normalized spacial score (nSPS) is 12.3. The Bertz CT molecular complexity index is 1490. The van der Waals surface area contributed by atoms with Gasteiger partial charge in [-0.15, -0.1) is 0 Å². The average molecular weight is 394 g/mol. The van der Waals surface area contributed by atoms with Crippen LogP contribution in [0.25, 0.3) is 33.5 Å². The van der Waals surface area contributed by atoms with E-state index in [0.29, 0.717) is 16.8 Å². The lowest BCUT2D eigenvalue weighted by molar-refractivity contribution is 0.597. The number of hydrogen-bond acceptors (Lipinski definition) is 4. The zero-order valence-corrected chi connectivity index (χ0v) is 16.3. The number of para-hydroxylation sites is 1. The molecule has 1 atom stereocenters. The van der Waals surface area contributed by atoms with Gasteiger partial charge in [-0.2, -0.15) is 4.98 Å². The van der Waals surface area contributed by atoms with Crippen LogP contribution in [0, 0.1) is 0 Å². The van der Waals surface area contributed by atoms with Crippen LogP contribution in [0.15, 0.2) is 98.9 Å². The van der Waals surface area contributed by atoms with Gasteiger partial charge in [-0.1, -0.05) is 72.8 Å². The molecule has 0 N–H and O–H groups in total. The van der Waals surface area contributed by atoms with Gasteiger partial charge in [0.25, 0.3) is 5.56 Å². The molecule has 0 aliphatic rings. The van der Waals surface area contributed by atoms with Crippen molar-refractivity contribution in [3.8, 4) is 11.4 Å². The molecule has 2 aromatic heterocycles. The quantitative estimate of drug-likeness (QED) is 0.413. The van der Waals surface area contributed by atoms with Crippen molar-refractivity contribution in [2.24, 2.45) is 0 Å². The van der Waals surface area contributed by atoms with Crippen molar-refractivity contribution in [3.05, 3.63) is 111 Å². The first-order chi connectivity index (χ1) is 14.6. The van der Waals surface area contributed by atoms with Crippen LogP contribution in [0.3, 0.4) is 0 Å². The van der Waals surface area contributed by atoms with Crippen molar-refractivity contribution in [3.63, 3.8) is 0 Å². The fraction of sp³-hybridized carbons (Fsp3) is 0.0800. The first kappa shape index (κ1) is 18.1. The van der Waals surface area contributed by atoms with E-state index in [0.717, 1.165) is 11.1 Å². The zero-order chi connectivity index (χ0) is 20.7. The third-order valence-electron chi connectivity index (χ3n) is 5.35. The summed E-state index contributed by atoms with van der Waals surface area (Å²) in [5, 5.41) is 0.339. The second-order valence-electron chi connectivity index (χ2n) is 7.17. The third-order valence-corrected chi connectivity index (χ3v) is 5.35. The summed E-state index contributed by atoms with van der Waals surface area (Å²) in [6, 6.07) is 25.7. The topological polar surface area (TPSA) is 65.1 Å². The highest BCUT2D eigenvalue weighted by Crippen LogP contribution is 2.25. The SMILES string of the molecule is C[C@@H](c1ccccc1)n1c(-c2ccccc2)nc2oc3ccccc3c(=O)c2c1=O. The molecule has 0 aliphatic carbocycles. The first-order valence-corrected chi connectivity index (χ1v) is 9.73. The standard InChI is InChI=1S/C25H18N2O3/c1-16(17-10-4-2-5-11-17)27-23(18-12-6-3-7-13-18)26-24-21(25(27)29)22(28)19-14-8-9-15-20(19)30-24/h2-16H,1H3/t16-/m0/s1. The molecule has 0 saturated carbocycles. The van der Waals surface area contributed by atoms with E-state index < -0.39 is 5.56 Å². The second-order valence-corrected chi connectivity index (χ2v) is 7.17. The second kappa shape index (κ2) is 7.12. The van der Waals surface area contributed by atoms with E-state index in [1.165, 1.54) is 0 Å². The third kappa shape index (κ3) is 2.83. The van der Waals surface area contributed by atoms with E-state index in [2.05, 4.69) is 4.98 Å². The summed E-state index contributed by atoms with van der Waals surface area (Å²) >= 11 is 0. The van der Waals surface area contributed by atoms with Crippen LogP contribution in [0.5, 0.6) is 0 Å². The summed E-state index contributed by atoms with van der Waals surface area (Å²) in [6.07, 6.45) is 0. The lowest BCUT2D eigenvalue weighted by atomic mass is 10.1. The van der Waals surface area contributed by atoms with Crippen LogP contribution in [0.2, 0.25) is 0 Å². The Kier molecular flexibility index (Phi) is 4.29. The molecule has 146 valence electrons. The van der Waals surface area contributed by atoms with Gasteiger partial charge in [-0.3, -0.25) is 14.2 Å². The van der Waals surface area contributed by atoms with Gasteiger partial charge in [0, 0.05) is 5.56 Å². The molecule has 30 heavy (non-hydrogen) atoms. The van der Waals surface area contributed by atoms with Gasteiger partial charge in [0.05, 0.1) is 11.4 Å². The minimum Gasteiger partial charge on any atom is -0.437 e. The molecule has 0 saturated heterocycles. The van der Waals surface area contributed by atoms with Gasteiger partial charge < -0.3 is 4.42 Å². The molecule has 0 bridgehead atoms. The smallest absolute Gasteiger partial charge is 0.269 e. The van der Waals surface area contributed by atoms with E-state index in [1.807, 2.05) is 67.6 Å². The lowest BCUT2D eigenvalue weighted by Gasteiger charge is -2.20. The van der Waals surface area contributed by atoms with Gasteiger partial charge in [0.2, 0.25) is 11.1 Å². The molecule has 0 unspecified atom stereocenters. The molecule has 5 aromatic rings. The fourth-order valence-corrected chi connectivity index (χ4v) is 3.80. The molecule has 0 spiro atoms. The molecule has 0 fully saturated rings. The van der Waals surface area contributed by atoms with Crippen LogP contribution >= 0.6 is 0 Å². The van der Waals surface area contributed by atoms with Crippen LogP contribution in [0.4, 0.5) is 0 Å². The van der Waals surface area contributed by atoms with Crippen molar-refractivity contribution in [2.45, 2.75) is 13.0 Å². The predicted octanol–water partition coefficient (Wildman–Crippen LogP) is 4.78. The Morgan fingerprint density at radius 3 is 2.20 bits per heavy atom. The van der Waals surface area contributed by atoms with Crippen LogP contribution in [0.1, 0.15) is 18.5 Å². The number of nitrogens with zero attached hydrogens (tertiary/aromatic N) is 2. The number of hydrogen-bond donors (Lipinski definition) is 0. The van der Waals surface area contributed by atoms with Crippen molar-refractivity contribution >= 4 is 22.1 Å². The Morgan fingerprint density at radius 2 is 1.47 bits per heavy atom. The summed E-state index contributed by atoms with van der Waals surface area (Å²) in [7, 11) is 0. The van der Waals surface area contributed by atoms with E-state index in [-0.39, 0.29) is 22.6 Å². The largest absolute Gasteiger partial charge is 0.437 e. The van der Waals surface area contributed by atoms with Gasteiger partial charge in [0.1, 0.15) is 11.4 Å². The lowest BCUT2D eigenvalue weighted by Crippen LogP contribution is -2.30. The minimum atomic E-state index is -0.408. The van der Waals surface area contributed by atoms with E-state index in [1.54, 1.807) is 28.8 Å². The monoisotopic (exact) mass is 394 g/mol. The Balaban J connectivity index is 1.92. The van der Waals surface area contributed by atoms with Crippen molar-refractivity contribution in [2.75, 3.05) is 0 Å². The van der Waals surface area contributed by atoms with E-state index >= 15 is 0 Å². The highest BCUT2D eigenvalue weighted by molar-refractivity contribution is 5.88. The maximum Gasteiger partial charge on any atom is 0.269 e. The predicted molar refractivity (Wildman–Crippen MR) is 118 cm³/mol. The van der Waals surface area contributed by atoms with Crippen molar-refractivity contribution < 1.29 is 4.42 Å². The highest BCUT2D eigenvalue weighted by atomic mass is 16.3. The van der Waals surface area contributed by atoms with Crippen LogP contribution in [-0.4, -0.2) is 9.55 Å². The Morgan fingerprint density at radius 1 is 0.833 bits per heavy atom. The molecular formula is C25H18N2O3. The molecular weight excluding hydrogens is 376 g/mol. The molecule has 0 aliphatic heterocycles. The summed E-state index contributed by atoms with van der Waals surface area (Å²) in [5.41, 5.74) is 1.42. The molecule has 5 nitrogen and oxygen atoms in total. The Hall–Kier alpha value is -3.99.